The maximum Gasteiger partial charge on any atom is 0.464 e. The molecule has 7 nitrogen and oxygen atoms in total. The predicted octanol–water partition coefficient (Wildman–Crippen LogP) is 2.13. The fourth-order valence-corrected chi connectivity index (χ4v) is 2.10. The average Bonchev–Trinajstić information content (AvgIpc) is 2.43. The van der Waals surface area contributed by atoms with Crippen LogP contribution in [0.1, 0.15) is 13.3 Å². The van der Waals surface area contributed by atoms with E-state index in [0.717, 1.165) is 0 Å². The lowest BCUT2D eigenvalue weighted by Gasteiger charge is -2.33. The third kappa shape index (κ3) is 5.36. The Morgan fingerprint density at radius 3 is 1.39 bits per heavy atom. The summed E-state index contributed by atoms with van der Waals surface area (Å²) in [6.07, 6.45) is -19.8. The zero-order valence-electron chi connectivity index (χ0n) is 13.1. The zero-order chi connectivity index (χ0) is 23.0. The number of hydrogen-bond donors (Lipinski definition) is 1. The second kappa shape index (κ2) is 8.07. The van der Waals surface area contributed by atoms with Crippen molar-refractivity contribution in [2.45, 2.75) is 48.3 Å². The summed E-state index contributed by atoms with van der Waals surface area (Å²) in [5.41, 5.74) is 0. The monoisotopic (exact) mass is 484 g/mol. The number of halogens is 10. The lowest BCUT2D eigenvalue weighted by molar-refractivity contribution is -0.375. The summed E-state index contributed by atoms with van der Waals surface area (Å²) < 4.78 is 176. The molecule has 2 unspecified atom stereocenters. The van der Waals surface area contributed by atoms with Crippen molar-refractivity contribution in [1.82, 2.24) is 0 Å². The minimum Gasteiger partial charge on any atom is -0.396 e. The van der Waals surface area contributed by atoms with Gasteiger partial charge in [0, 0.05) is 6.61 Å². The Balaban J connectivity index is 5.78. The Bertz CT molecular complexity index is 751. The highest BCUT2D eigenvalue weighted by molar-refractivity contribution is 7.87. The molecule has 0 aliphatic rings. The Morgan fingerprint density at radius 1 is 0.786 bits per heavy atom. The fraction of sp³-hybridized carbons (Fsp3) is 1.00. The van der Waals surface area contributed by atoms with Gasteiger partial charge in [-0.25, -0.2) is 0 Å². The van der Waals surface area contributed by atoms with Crippen LogP contribution in [0.5, 0.6) is 0 Å². The standard InChI is InChI=1S/C9H10F10O7S2/c1-4(25-6(10,11)8(14,15)27(18,21)22)5(2-3-20)26-7(12,13)9(16,17)28(19,23)24/h4-5,20H,2-3H2,1H3. The van der Waals surface area contributed by atoms with Gasteiger partial charge in [0.1, 0.15) is 0 Å². The summed E-state index contributed by atoms with van der Waals surface area (Å²) in [5.74, 6) is 0. The van der Waals surface area contributed by atoms with Gasteiger partial charge in [-0.15, -0.1) is 0 Å². The van der Waals surface area contributed by atoms with Crippen molar-refractivity contribution in [2.24, 2.45) is 0 Å². The van der Waals surface area contributed by atoms with Crippen molar-refractivity contribution >= 4 is 20.4 Å². The van der Waals surface area contributed by atoms with Crippen LogP contribution < -0.4 is 0 Å². The molecule has 0 saturated carbocycles. The Morgan fingerprint density at radius 2 is 1.11 bits per heavy atom. The lowest BCUT2D eigenvalue weighted by atomic mass is 10.1. The van der Waals surface area contributed by atoms with Gasteiger partial charge in [-0.2, -0.15) is 52.0 Å². The normalized spacial score (nSPS) is 17.4. The Hall–Kier alpha value is -0.920. The highest BCUT2D eigenvalue weighted by Gasteiger charge is 2.71. The zero-order valence-corrected chi connectivity index (χ0v) is 14.7. The second-order valence-corrected chi connectivity index (χ2v) is 7.71. The number of aliphatic hydroxyl groups excluding tert-OH is 1. The van der Waals surface area contributed by atoms with Gasteiger partial charge in [-0.3, -0.25) is 0 Å². The first-order chi connectivity index (χ1) is 12.0. The highest BCUT2D eigenvalue weighted by Crippen LogP contribution is 2.44. The van der Waals surface area contributed by atoms with Crippen LogP contribution in [0.15, 0.2) is 0 Å². The first-order valence-electron chi connectivity index (χ1n) is 6.41. The summed E-state index contributed by atoms with van der Waals surface area (Å²) in [6.45, 7) is -1.22. The maximum atomic E-state index is 13.3. The van der Waals surface area contributed by atoms with Crippen molar-refractivity contribution < 1.29 is 74.3 Å². The van der Waals surface area contributed by atoms with Crippen molar-refractivity contribution in [1.29, 1.82) is 0 Å². The average molecular weight is 484 g/mol. The number of hydrogen-bond acceptors (Lipinski definition) is 7. The van der Waals surface area contributed by atoms with Crippen molar-refractivity contribution in [3.05, 3.63) is 0 Å². The molecule has 28 heavy (non-hydrogen) atoms. The molecule has 1 N–H and O–H groups in total. The van der Waals surface area contributed by atoms with Gasteiger partial charge in [-0.1, -0.05) is 7.77 Å². The molecule has 0 saturated heterocycles. The smallest absolute Gasteiger partial charge is 0.396 e. The number of aliphatic hydroxyl groups is 1. The van der Waals surface area contributed by atoms with E-state index in [0.29, 0.717) is 0 Å². The third-order valence-corrected chi connectivity index (χ3v) is 4.56. The van der Waals surface area contributed by atoms with Gasteiger partial charge >= 0.3 is 43.2 Å². The molecular formula is C9H10F10O7S2. The predicted molar refractivity (Wildman–Crippen MR) is 67.0 cm³/mol. The second-order valence-electron chi connectivity index (χ2n) is 4.93. The minimum absolute atomic E-state index is 0.132. The molecule has 0 aromatic rings. The van der Waals surface area contributed by atoms with Crippen LogP contribution in [0.3, 0.4) is 0 Å². The van der Waals surface area contributed by atoms with Gasteiger partial charge in [0.05, 0.1) is 12.2 Å². The van der Waals surface area contributed by atoms with Crippen LogP contribution in [0.4, 0.5) is 42.9 Å². The summed E-state index contributed by atoms with van der Waals surface area (Å²) in [4.78, 5) is 0. The van der Waals surface area contributed by atoms with E-state index in [1.807, 2.05) is 0 Å². The molecule has 2 atom stereocenters. The SMILES string of the molecule is CC(OC(F)(F)C(F)(F)S(=O)(=O)F)C(CCO)OC(F)(F)C(F)(F)S(=O)(=O)F. The Kier molecular flexibility index (Phi) is 7.81. The highest BCUT2D eigenvalue weighted by atomic mass is 32.3. The summed E-state index contributed by atoms with van der Waals surface area (Å²) >= 11 is 0. The molecule has 0 aliphatic carbocycles. The fourth-order valence-electron chi connectivity index (χ4n) is 1.44. The molecular weight excluding hydrogens is 474 g/mol. The van der Waals surface area contributed by atoms with Gasteiger partial charge in [0.2, 0.25) is 0 Å². The molecule has 19 heteroatoms. The Labute approximate surface area is 150 Å². The van der Waals surface area contributed by atoms with E-state index in [1.165, 1.54) is 0 Å². The largest absolute Gasteiger partial charge is 0.464 e. The molecule has 170 valence electrons. The van der Waals surface area contributed by atoms with Gasteiger partial charge in [0.25, 0.3) is 0 Å². The number of rotatable bonds is 11. The molecule has 0 heterocycles. The molecule has 0 bridgehead atoms. The molecule has 0 spiro atoms. The van der Waals surface area contributed by atoms with Crippen LogP contribution in [-0.2, 0) is 29.9 Å². The molecule has 0 aromatic heterocycles. The lowest BCUT2D eigenvalue weighted by Crippen LogP contribution is -2.53. The van der Waals surface area contributed by atoms with E-state index in [1.54, 1.807) is 0 Å². The molecule has 0 amide bonds. The quantitative estimate of drug-likeness (QED) is 0.354. The van der Waals surface area contributed by atoms with Crippen molar-refractivity contribution in [2.75, 3.05) is 6.61 Å². The third-order valence-electron chi connectivity index (χ3n) is 2.86. The van der Waals surface area contributed by atoms with Crippen LogP contribution in [0.25, 0.3) is 0 Å². The first kappa shape index (κ1) is 27.1. The number of alkyl halides is 8. The van der Waals surface area contributed by atoms with Gasteiger partial charge < -0.3 is 14.6 Å². The van der Waals surface area contributed by atoms with Gasteiger partial charge in [-0.05, 0) is 13.3 Å². The van der Waals surface area contributed by atoms with Crippen LogP contribution in [0, 0.1) is 0 Å². The van der Waals surface area contributed by atoms with Crippen LogP contribution >= 0.6 is 0 Å². The number of ether oxygens (including phenoxy) is 2. The maximum absolute atomic E-state index is 13.3. The molecule has 0 fully saturated rings. The van der Waals surface area contributed by atoms with Crippen molar-refractivity contribution in [3.63, 3.8) is 0 Å². The molecule has 0 aromatic carbocycles. The van der Waals surface area contributed by atoms with E-state index in [2.05, 4.69) is 9.47 Å². The van der Waals surface area contributed by atoms with E-state index in [4.69, 9.17) is 5.11 Å². The van der Waals surface area contributed by atoms with E-state index in [9.17, 15) is 59.7 Å². The van der Waals surface area contributed by atoms with E-state index >= 15 is 0 Å². The minimum atomic E-state index is -7.33. The van der Waals surface area contributed by atoms with E-state index in [-0.39, 0.29) is 6.92 Å². The topological polar surface area (TPSA) is 107 Å². The van der Waals surface area contributed by atoms with Crippen molar-refractivity contribution in [3.8, 4) is 0 Å². The molecule has 0 rings (SSSR count). The summed E-state index contributed by atoms with van der Waals surface area (Å²) in [5, 5.41) is -4.56. The van der Waals surface area contributed by atoms with E-state index < -0.39 is 68.4 Å². The van der Waals surface area contributed by atoms with Gasteiger partial charge in [0.15, 0.2) is 0 Å². The summed E-state index contributed by atoms with van der Waals surface area (Å²) in [6, 6.07) is 0. The van der Waals surface area contributed by atoms with Crippen LogP contribution in [-0.4, -0.2) is 63.5 Å². The molecule has 0 aliphatic heterocycles. The summed E-state index contributed by atoms with van der Waals surface area (Å²) in [7, 11) is -14.6. The van der Waals surface area contributed by atoms with Crippen LogP contribution in [0.2, 0.25) is 0 Å². The first-order valence-corrected chi connectivity index (χ1v) is 9.18. The molecule has 0 radical (unpaired) electrons.